The number of benzene rings is 2. The van der Waals surface area contributed by atoms with E-state index in [1.165, 1.54) is 0 Å². The van der Waals surface area contributed by atoms with E-state index < -0.39 is 23.5 Å². The van der Waals surface area contributed by atoms with Crippen molar-refractivity contribution in [2.75, 3.05) is 0 Å². The maximum absolute atomic E-state index is 13.2. The fourth-order valence-corrected chi connectivity index (χ4v) is 2.23. The van der Waals surface area contributed by atoms with E-state index in [9.17, 15) is 13.2 Å². The molecule has 0 aliphatic carbocycles. The van der Waals surface area contributed by atoms with Gasteiger partial charge in [-0.05, 0) is 47.9 Å². The smallest absolute Gasteiger partial charge is 0.194 e. The molecule has 1 unspecified atom stereocenters. The highest BCUT2D eigenvalue weighted by molar-refractivity contribution is 6.33. The molecule has 0 aromatic heterocycles. The van der Waals surface area contributed by atoms with Crippen LogP contribution in [0.15, 0.2) is 30.3 Å². The molecule has 0 saturated carbocycles. The van der Waals surface area contributed by atoms with Crippen molar-refractivity contribution in [1.29, 1.82) is 0 Å². The molecule has 1 atom stereocenters. The Morgan fingerprint density at radius 3 is 2.20 bits per heavy atom. The van der Waals surface area contributed by atoms with Crippen molar-refractivity contribution in [3.63, 3.8) is 0 Å². The van der Waals surface area contributed by atoms with Gasteiger partial charge in [0.25, 0.3) is 0 Å². The van der Waals surface area contributed by atoms with E-state index in [1.807, 2.05) is 0 Å². The van der Waals surface area contributed by atoms with E-state index in [2.05, 4.69) is 0 Å². The van der Waals surface area contributed by atoms with Crippen molar-refractivity contribution in [3.8, 4) is 0 Å². The summed E-state index contributed by atoms with van der Waals surface area (Å²) < 4.78 is 39.2. The number of hydrogen-bond donors (Lipinski definition) is 1. The normalized spacial score (nSPS) is 12.5. The van der Waals surface area contributed by atoms with Crippen LogP contribution in [0, 0.1) is 17.5 Å². The second-order valence-electron chi connectivity index (χ2n) is 4.34. The number of nitrogens with two attached hydrogens (primary N) is 1. The Labute approximate surface area is 124 Å². The molecule has 6 heteroatoms. The van der Waals surface area contributed by atoms with Crippen molar-refractivity contribution in [1.82, 2.24) is 0 Å². The molecule has 1 nitrogen and oxygen atoms in total. The van der Waals surface area contributed by atoms with Crippen LogP contribution in [0.25, 0.3) is 0 Å². The molecular formula is C14H10Cl2F3N. The third-order valence-electron chi connectivity index (χ3n) is 2.88. The molecule has 2 rings (SSSR count). The zero-order valence-corrected chi connectivity index (χ0v) is 11.7. The minimum atomic E-state index is -1.51. The third kappa shape index (κ3) is 3.26. The average molecular weight is 320 g/mol. The SMILES string of the molecule is NC(Cc1cc(Cl)ccc1Cl)c1cc(F)c(F)c(F)c1. The van der Waals surface area contributed by atoms with Crippen LogP contribution in [0.1, 0.15) is 17.2 Å². The van der Waals surface area contributed by atoms with Gasteiger partial charge < -0.3 is 5.73 Å². The number of hydrogen-bond acceptors (Lipinski definition) is 1. The first kappa shape index (κ1) is 15.2. The van der Waals surface area contributed by atoms with E-state index in [1.54, 1.807) is 18.2 Å². The molecular weight excluding hydrogens is 310 g/mol. The molecule has 0 spiro atoms. The summed E-state index contributed by atoms with van der Waals surface area (Å²) in [5.41, 5.74) is 6.68. The highest BCUT2D eigenvalue weighted by atomic mass is 35.5. The van der Waals surface area contributed by atoms with Gasteiger partial charge >= 0.3 is 0 Å². The van der Waals surface area contributed by atoms with Crippen LogP contribution in [0.2, 0.25) is 10.0 Å². The predicted molar refractivity (Wildman–Crippen MR) is 73.4 cm³/mol. The lowest BCUT2D eigenvalue weighted by atomic mass is 9.99. The first-order valence-electron chi connectivity index (χ1n) is 5.72. The molecule has 2 aromatic rings. The van der Waals surface area contributed by atoms with E-state index in [0.29, 0.717) is 15.6 Å². The molecule has 2 N–H and O–H groups in total. The monoisotopic (exact) mass is 319 g/mol. The Morgan fingerprint density at radius 2 is 1.60 bits per heavy atom. The van der Waals surface area contributed by atoms with Crippen molar-refractivity contribution in [3.05, 3.63) is 69.0 Å². The van der Waals surface area contributed by atoms with Gasteiger partial charge in [0.1, 0.15) is 0 Å². The highest BCUT2D eigenvalue weighted by Gasteiger charge is 2.16. The second kappa shape index (κ2) is 6.04. The van der Waals surface area contributed by atoms with Gasteiger partial charge in [0.05, 0.1) is 0 Å². The minimum Gasteiger partial charge on any atom is -0.324 e. The Hall–Kier alpha value is -1.23. The average Bonchev–Trinajstić information content (AvgIpc) is 2.39. The molecule has 0 saturated heterocycles. The van der Waals surface area contributed by atoms with Crippen LogP contribution in [0.4, 0.5) is 13.2 Å². The summed E-state index contributed by atoms with van der Waals surface area (Å²) in [4.78, 5) is 0. The number of rotatable bonds is 3. The summed E-state index contributed by atoms with van der Waals surface area (Å²) in [5.74, 6) is -4.05. The number of halogens is 5. The molecule has 0 bridgehead atoms. The Bertz CT molecular complexity index is 623. The fraction of sp³-hybridized carbons (Fsp3) is 0.143. The standard InChI is InChI=1S/C14H10Cl2F3N/c15-9-1-2-10(16)7(3-9)6-13(20)8-4-11(17)14(19)12(18)5-8/h1-5,13H,6,20H2. The Kier molecular flexibility index (Phi) is 4.58. The summed E-state index contributed by atoms with van der Waals surface area (Å²) in [6.45, 7) is 0. The molecule has 0 heterocycles. The molecule has 2 aromatic carbocycles. The van der Waals surface area contributed by atoms with Crippen molar-refractivity contribution in [2.45, 2.75) is 12.5 Å². The lowest BCUT2D eigenvalue weighted by Crippen LogP contribution is -2.14. The summed E-state index contributed by atoms with van der Waals surface area (Å²) >= 11 is 11.8. The fourth-order valence-electron chi connectivity index (χ4n) is 1.84. The lowest BCUT2D eigenvalue weighted by Gasteiger charge is -2.14. The molecule has 0 fully saturated rings. The Morgan fingerprint density at radius 1 is 1.00 bits per heavy atom. The third-order valence-corrected chi connectivity index (χ3v) is 3.49. The summed E-state index contributed by atoms with van der Waals surface area (Å²) in [5, 5.41) is 0.931. The molecule has 0 radical (unpaired) electrons. The zero-order chi connectivity index (χ0) is 14.9. The van der Waals surface area contributed by atoms with Crippen LogP contribution in [-0.4, -0.2) is 0 Å². The second-order valence-corrected chi connectivity index (χ2v) is 5.19. The first-order valence-corrected chi connectivity index (χ1v) is 6.48. The van der Waals surface area contributed by atoms with Gasteiger partial charge in [0.15, 0.2) is 17.5 Å². The van der Waals surface area contributed by atoms with Gasteiger partial charge in [-0.25, -0.2) is 13.2 Å². The lowest BCUT2D eigenvalue weighted by molar-refractivity contribution is 0.443. The summed E-state index contributed by atoms with van der Waals surface area (Å²) in [6, 6.07) is 5.88. The van der Waals surface area contributed by atoms with Gasteiger partial charge in [-0.3, -0.25) is 0 Å². The van der Waals surface area contributed by atoms with Crippen LogP contribution < -0.4 is 5.73 Å². The van der Waals surface area contributed by atoms with Gasteiger partial charge in [0, 0.05) is 16.1 Å². The van der Waals surface area contributed by atoms with Gasteiger partial charge in [0.2, 0.25) is 0 Å². The van der Waals surface area contributed by atoms with Gasteiger partial charge in [-0.1, -0.05) is 23.2 Å². The van der Waals surface area contributed by atoms with E-state index >= 15 is 0 Å². The van der Waals surface area contributed by atoms with Crippen molar-refractivity contribution >= 4 is 23.2 Å². The summed E-state index contributed by atoms with van der Waals surface area (Å²) in [6.07, 6.45) is 0.226. The van der Waals surface area contributed by atoms with Crippen molar-refractivity contribution < 1.29 is 13.2 Å². The summed E-state index contributed by atoms with van der Waals surface area (Å²) in [7, 11) is 0. The first-order chi connectivity index (χ1) is 9.38. The maximum atomic E-state index is 13.2. The van der Waals surface area contributed by atoms with Gasteiger partial charge in [-0.15, -0.1) is 0 Å². The van der Waals surface area contributed by atoms with E-state index in [0.717, 1.165) is 12.1 Å². The molecule has 0 aliphatic heterocycles. The zero-order valence-electron chi connectivity index (χ0n) is 10.1. The largest absolute Gasteiger partial charge is 0.324 e. The van der Waals surface area contributed by atoms with E-state index in [4.69, 9.17) is 28.9 Å². The van der Waals surface area contributed by atoms with Crippen LogP contribution in [0.3, 0.4) is 0 Å². The quantitative estimate of drug-likeness (QED) is 0.818. The maximum Gasteiger partial charge on any atom is 0.194 e. The van der Waals surface area contributed by atoms with Crippen LogP contribution in [-0.2, 0) is 6.42 Å². The Balaban J connectivity index is 2.28. The molecule has 106 valence electrons. The highest BCUT2D eigenvalue weighted by Crippen LogP contribution is 2.26. The van der Waals surface area contributed by atoms with E-state index in [-0.39, 0.29) is 12.0 Å². The predicted octanol–water partition coefficient (Wildman–Crippen LogP) is 4.65. The molecule has 0 amide bonds. The molecule has 20 heavy (non-hydrogen) atoms. The van der Waals surface area contributed by atoms with Gasteiger partial charge in [-0.2, -0.15) is 0 Å². The topological polar surface area (TPSA) is 26.0 Å². The van der Waals surface area contributed by atoms with Crippen molar-refractivity contribution in [2.24, 2.45) is 5.73 Å². The molecule has 0 aliphatic rings. The minimum absolute atomic E-state index is 0.150. The van der Waals surface area contributed by atoms with Crippen LogP contribution in [0.5, 0.6) is 0 Å². The van der Waals surface area contributed by atoms with Crippen LogP contribution >= 0.6 is 23.2 Å².